The molecule has 0 amide bonds. The predicted octanol–water partition coefficient (Wildman–Crippen LogP) is 10.9. The molecule has 4 aromatic heterocycles. The van der Waals surface area contributed by atoms with Gasteiger partial charge in [-0.1, -0.05) is 89.5 Å². The molecule has 0 unspecified atom stereocenters. The minimum absolute atomic E-state index is 0.781. The van der Waals surface area contributed by atoms with Crippen molar-refractivity contribution in [3.05, 3.63) is 137 Å². The molecule has 0 atom stereocenters. The van der Waals surface area contributed by atoms with Gasteiger partial charge in [-0.05, 0) is 86.0 Å². The monoisotopic (exact) mass is 569 g/mol. The molecular weight excluding hydrogens is 538 g/mol. The smallest absolute Gasteiger partial charge is 0.151 e. The van der Waals surface area contributed by atoms with Crippen molar-refractivity contribution in [1.82, 2.24) is 15.0 Å². The van der Waals surface area contributed by atoms with E-state index in [4.69, 9.17) is 9.40 Å². The van der Waals surface area contributed by atoms with Crippen molar-refractivity contribution in [1.29, 1.82) is 0 Å². The molecule has 2 N–H and O–H groups in total. The first kappa shape index (κ1) is 26.1. The van der Waals surface area contributed by atoms with Crippen LogP contribution in [0, 0.1) is 20.8 Å². The van der Waals surface area contributed by atoms with Gasteiger partial charge in [0.05, 0.1) is 22.4 Å². The molecular formula is C40H31N3O. The van der Waals surface area contributed by atoms with Gasteiger partial charge in [0.1, 0.15) is 5.58 Å². The Morgan fingerprint density at radius 1 is 0.409 bits per heavy atom. The molecule has 1 aliphatic heterocycles. The summed E-state index contributed by atoms with van der Waals surface area (Å²) in [5, 5.41) is 0. The van der Waals surface area contributed by atoms with Crippen LogP contribution < -0.4 is 0 Å². The van der Waals surface area contributed by atoms with Gasteiger partial charge in [-0.15, -0.1) is 0 Å². The van der Waals surface area contributed by atoms with E-state index >= 15 is 0 Å². The van der Waals surface area contributed by atoms with Crippen molar-refractivity contribution < 1.29 is 4.42 Å². The summed E-state index contributed by atoms with van der Waals surface area (Å²) < 4.78 is 6.61. The summed E-state index contributed by atoms with van der Waals surface area (Å²) in [4.78, 5) is 12.7. The van der Waals surface area contributed by atoms with Gasteiger partial charge in [0.15, 0.2) is 5.58 Å². The topological polar surface area (TPSA) is 57.6 Å². The van der Waals surface area contributed by atoms with Gasteiger partial charge in [-0.25, -0.2) is 4.98 Å². The number of aromatic nitrogens is 3. The van der Waals surface area contributed by atoms with Crippen molar-refractivity contribution in [2.75, 3.05) is 0 Å². The summed E-state index contributed by atoms with van der Waals surface area (Å²) in [6, 6.07) is 38.5. The number of nitrogens with zero attached hydrogens (tertiary/aromatic N) is 1. The Morgan fingerprint density at radius 2 is 0.795 bits per heavy atom. The second-order valence-electron chi connectivity index (χ2n) is 11.7. The number of nitrogens with one attached hydrogen (secondary N) is 2. The lowest BCUT2D eigenvalue weighted by atomic mass is 10.0. The lowest BCUT2D eigenvalue weighted by Crippen LogP contribution is -1.88. The number of hydrogen-bond acceptors (Lipinski definition) is 2. The highest BCUT2D eigenvalue weighted by Crippen LogP contribution is 2.37. The van der Waals surface area contributed by atoms with Gasteiger partial charge in [0.25, 0.3) is 0 Å². The molecule has 0 saturated carbocycles. The van der Waals surface area contributed by atoms with E-state index in [0.717, 1.165) is 78.0 Å². The normalized spacial score (nSPS) is 11.9. The molecule has 0 saturated heterocycles. The zero-order valence-corrected chi connectivity index (χ0v) is 24.9. The van der Waals surface area contributed by atoms with Crippen LogP contribution in [0.4, 0.5) is 0 Å². The van der Waals surface area contributed by atoms with Gasteiger partial charge in [0, 0.05) is 27.7 Å². The molecule has 44 heavy (non-hydrogen) atoms. The number of furan rings is 1. The second kappa shape index (κ2) is 10.3. The number of aryl methyl sites for hydroxylation is 3. The van der Waals surface area contributed by atoms with Gasteiger partial charge in [-0.2, -0.15) is 0 Å². The quantitative estimate of drug-likeness (QED) is 0.222. The highest BCUT2D eigenvalue weighted by molar-refractivity contribution is 5.98. The average molecular weight is 570 g/mol. The zero-order chi connectivity index (χ0) is 29.8. The van der Waals surface area contributed by atoms with E-state index in [1.165, 1.54) is 16.7 Å². The van der Waals surface area contributed by atoms with Crippen LogP contribution in [0.2, 0.25) is 0 Å². The molecule has 5 heterocycles. The van der Waals surface area contributed by atoms with Gasteiger partial charge in [-0.3, -0.25) is 0 Å². The van der Waals surface area contributed by atoms with E-state index in [9.17, 15) is 0 Å². The Labute approximate surface area is 255 Å². The minimum Gasteiger partial charge on any atom is -0.454 e. The third kappa shape index (κ3) is 4.52. The summed E-state index contributed by atoms with van der Waals surface area (Å²) in [5.41, 5.74) is 17.4. The molecule has 0 spiro atoms. The number of aromatic amines is 2. The fourth-order valence-electron chi connectivity index (χ4n) is 6.10. The van der Waals surface area contributed by atoms with Crippen molar-refractivity contribution in [3.8, 4) is 33.4 Å². The molecule has 4 heteroatoms. The highest BCUT2D eigenvalue weighted by atomic mass is 16.3. The molecule has 4 nitrogen and oxygen atoms in total. The van der Waals surface area contributed by atoms with Crippen LogP contribution in [0.25, 0.3) is 78.8 Å². The fourth-order valence-corrected chi connectivity index (χ4v) is 6.10. The van der Waals surface area contributed by atoms with Crippen LogP contribution in [-0.2, 0) is 0 Å². The second-order valence-corrected chi connectivity index (χ2v) is 11.7. The molecule has 1 aliphatic rings. The molecule has 3 aromatic carbocycles. The van der Waals surface area contributed by atoms with E-state index in [0.29, 0.717) is 0 Å². The maximum atomic E-state index is 6.61. The fraction of sp³-hybridized carbons (Fsp3) is 0.0750. The minimum atomic E-state index is 0.781. The Morgan fingerprint density at radius 3 is 1.30 bits per heavy atom. The molecule has 8 rings (SSSR count). The number of rotatable bonds is 3. The molecule has 8 bridgehead atoms. The summed E-state index contributed by atoms with van der Waals surface area (Å²) in [6.45, 7) is 6.34. The molecule has 0 radical (unpaired) electrons. The van der Waals surface area contributed by atoms with E-state index in [1.807, 2.05) is 6.07 Å². The molecule has 212 valence electrons. The van der Waals surface area contributed by atoms with E-state index in [-0.39, 0.29) is 0 Å². The third-order valence-corrected chi connectivity index (χ3v) is 8.47. The molecule has 0 fully saturated rings. The van der Waals surface area contributed by atoms with Crippen LogP contribution in [0.5, 0.6) is 0 Å². The number of fused-ring (bicyclic) bond motifs is 9. The first-order valence-corrected chi connectivity index (χ1v) is 15.0. The van der Waals surface area contributed by atoms with Crippen LogP contribution in [0.1, 0.15) is 28.1 Å². The maximum Gasteiger partial charge on any atom is 0.151 e. The van der Waals surface area contributed by atoms with Crippen molar-refractivity contribution in [2.24, 2.45) is 0 Å². The Kier molecular flexibility index (Phi) is 6.09. The van der Waals surface area contributed by atoms with E-state index < -0.39 is 0 Å². The zero-order valence-electron chi connectivity index (χ0n) is 24.9. The third-order valence-electron chi connectivity index (χ3n) is 8.47. The van der Waals surface area contributed by atoms with Gasteiger partial charge >= 0.3 is 0 Å². The summed E-state index contributed by atoms with van der Waals surface area (Å²) >= 11 is 0. The standard InChI is InChI=1S/C40H31N3O/c1-24-4-10-27(11-5-24)38-31-17-16-30(41-31)36-22-23-37(44-36)40(29-14-8-26(3)9-15-29)35-21-20-34(43-35)39(33-19-18-32(38)42-33)28-12-6-25(2)7-13-28/h4-23,41,43H,1-3H3. The lowest BCUT2D eigenvalue weighted by Gasteiger charge is -2.06. The Balaban J connectivity index is 1.55. The van der Waals surface area contributed by atoms with Crippen LogP contribution in [-0.4, -0.2) is 15.0 Å². The molecule has 0 aliphatic carbocycles. The first-order chi connectivity index (χ1) is 21.5. The SMILES string of the molecule is Cc1ccc(-c2c3nc(c(-c4ccc(C)cc4)c4ccc([nH]4)c4ccc(o4)c(-c4ccc(C)cc4)c4ccc2[nH]4)C=C3)cc1. The summed E-state index contributed by atoms with van der Waals surface area (Å²) in [6.07, 6.45) is 4.27. The van der Waals surface area contributed by atoms with Crippen LogP contribution in [0.3, 0.4) is 0 Å². The Hall–Kier alpha value is -5.61. The van der Waals surface area contributed by atoms with E-state index in [1.54, 1.807) is 0 Å². The van der Waals surface area contributed by atoms with Crippen molar-refractivity contribution >= 4 is 45.4 Å². The molecule has 7 aromatic rings. The van der Waals surface area contributed by atoms with Crippen molar-refractivity contribution in [3.63, 3.8) is 0 Å². The Bertz CT molecular complexity index is 2330. The maximum absolute atomic E-state index is 6.61. The number of benzene rings is 3. The largest absolute Gasteiger partial charge is 0.454 e. The lowest BCUT2D eigenvalue weighted by molar-refractivity contribution is 0.670. The number of H-pyrrole nitrogens is 2. The van der Waals surface area contributed by atoms with Gasteiger partial charge < -0.3 is 14.4 Å². The first-order valence-electron chi connectivity index (χ1n) is 15.0. The predicted molar refractivity (Wildman–Crippen MR) is 184 cm³/mol. The van der Waals surface area contributed by atoms with Crippen molar-refractivity contribution in [2.45, 2.75) is 20.8 Å². The van der Waals surface area contributed by atoms with E-state index in [2.05, 4.69) is 146 Å². The average Bonchev–Trinajstić information content (AvgIpc) is 3.85. The van der Waals surface area contributed by atoms with Crippen LogP contribution in [0.15, 0.2) is 114 Å². The summed E-state index contributed by atoms with van der Waals surface area (Å²) in [5.74, 6) is 0. The van der Waals surface area contributed by atoms with Crippen LogP contribution >= 0.6 is 0 Å². The van der Waals surface area contributed by atoms with Gasteiger partial charge in [0.2, 0.25) is 0 Å². The number of hydrogen-bond donors (Lipinski definition) is 2. The summed E-state index contributed by atoms with van der Waals surface area (Å²) in [7, 11) is 0. The highest BCUT2D eigenvalue weighted by Gasteiger charge is 2.16.